The number of aromatic nitrogens is 4. The number of nitrogens with one attached hydrogen (secondary N) is 2. The van der Waals surface area contributed by atoms with Crippen molar-refractivity contribution >= 4 is 22.6 Å². The molecule has 0 saturated heterocycles. The predicted octanol–water partition coefficient (Wildman–Crippen LogP) is 2.88. The molecule has 4 heterocycles. The van der Waals surface area contributed by atoms with E-state index in [0.717, 1.165) is 31.2 Å². The van der Waals surface area contributed by atoms with Gasteiger partial charge in [0.1, 0.15) is 16.8 Å². The summed E-state index contributed by atoms with van der Waals surface area (Å²) in [5.74, 6) is -0.352. The number of fused-ring (bicyclic) bond motifs is 2. The number of carbonyl (C=O) groups is 1. The lowest BCUT2D eigenvalue weighted by molar-refractivity contribution is 0.0950. The number of carbonyl (C=O) groups excluding carboxylic acids is 1. The normalized spacial score (nSPS) is 11.2. The fourth-order valence-corrected chi connectivity index (χ4v) is 3.73. The van der Waals surface area contributed by atoms with Crippen LogP contribution in [0.15, 0.2) is 59.8 Å². The zero-order chi connectivity index (χ0) is 22.5. The first-order valence-corrected chi connectivity index (χ1v) is 10.9. The largest absolute Gasteiger partial charge is 0.352 e. The van der Waals surface area contributed by atoms with Crippen LogP contribution in [-0.4, -0.2) is 31.4 Å². The van der Waals surface area contributed by atoms with E-state index in [-0.39, 0.29) is 22.5 Å². The Hall–Kier alpha value is -3.81. The van der Waals surface area contributed by atoms with Crippen molar-refractivity contribution in [3.63, 3.8) is 0 Å². The topological polar surface area (TPSA) is 105 Å². The van der Waals surface area contributed by atoms with Gasteiger partial charge in [0.05, 0.1) is 17.5 Å². The van der Waals surface area contributed by atoms with Crippen molar-refractivity contribution in [3.8, 4) is 0 Å². The van der Waals surface area contributed by atoms with Crippen LogP contribution in [0, 0.1) is 5.41 Å². The summed E-state index contributed by atoms with van der Waals surface area (Å²) in [4.78, 5) is 34.8. The van der Waals surface area contributed by atoms with Gasteiger partial charge in [0.2, 0.25) is 0 Å². The van der Waals surface area contributed by atoms with Crippen molar-refractivity contribution in [2.45, 2.75) is 39.2 Å². The van der Waals surface area contributed by atoms with Gasteiger partial charge in [0.25, 0.3) is 11.5 Å². The Balaban J connectivity index is 1.84. The molecule has 4 aromatic heterocycles. The van der Waals surface area contributed by atoms with E-state index in [1.165, 1.54) is 10.5 Å². The third-order valence-corrected chi connectivity index (χ3v) is 5.47. The summed E-state index contributed by atoms with van der Waals surface area (Å²) >= 11 is 0. The number of hydrogen-bond donors (Lipinski definition) is 2. The maximum Gasteiger partial charge on any atom is 0.267 e. The van der Waals surface area contributed by atoms with Crippen LogP contribution in [0.2, 0.25) is 0 Å². The second kappa shape index (κ2) is 9.55. The highest BCUT2D eigenvalue weighted by molar-refractivity contribution is 5.96. The maximum atomic E-state index is 13.2. The molecule has 0 fully saturated rings. The van der Waals surface area contributed by atoms with E-state index in [1.54, 1.807) is 35.3 Å². The molecule has 0 saturated carbocycles. The van der Waals surface area contributed by atoms with Crippen LogP contribution >= 0.6 is 0 Å². The minimum absolute atomic E-state index is 0.0209. The molecule has 0 aliphatic heterocycles. The van der Waals surface area contributed by atoms with Gasteiger partial charge in [0, 0.05) is 25.1 Å². The minimum atomic E-state index is -0.352. The van der Waals surface area contributed by atoms with Crippen LogP contribution in [0.5, 0.6) is 0 Å². The van der Waals surface area contributed by atoms with E-state index in [4.69, 9.17) is 5.41 Å². The van der Waals surface area contributed by atoms with Crippen molar-refractivity contribution < 1.29 is 4.79 Å². The number of nitrogens with zero attached hydrogens (tertiary/aromatic N) is 4. The van der Waals surface area contributed by atoms with E-state index >= 15 is 0 Å². The summed E-state index contributed by atoms with van der Waals surface area (Å²) < 4.78 is 3.07. The van der Waals surface area contributed by atoms with Gasteiger partial charge in [-0.25, -0.2) is 4.98 Å². The van der Waals surface area contributed by atoms with Crippen LogP contribution in [-0.2, 0) is 6.54 Å². The van der Waals surface area contributed by atoms with Crippen LogP contribution < -0.4 is 16.4 Å². The molecule has 0 radical (unpaired) electrons. The third-order valence-electron chi connectivity index (χ3n) is 5.47. The molecule has 0 unspecified atom stereocenters. The predicted molar refractivity (Wildman–Crippen MR) is 123 cm³/mol. The number of hydrogen-bond acceptors (Lipinski definition) is 5. The van der Waals surface area contributed by atoms with E-state index < -0.39 is 0 Å². The van der Waals surface area contributed by atoms with Crippen molar-refractivity contribution in [1.82, 2.24) is 24.3 Å². The van der Waals surface area contributed by atoms with Gasteiger partial charge < -0.3 is 9.88 Å². The molecular weight excluding hydrogens is 404 g/mol. The third kappa shape index (κ3) is 4.30. The number of amides is 1. The SMILES string of the molecule is CCCCCCNC(=O)c1cc2c(=O)n3ccccc3nc2n(Cc2ccncc2)c1=N. The molecule has 164 valence electrons. The van der Waals surface area contributed by atoms with Crippen molar-refractivity contribution in [2.24, 2.45) is 0 Å². The molecule has 2 N–H and O–H groups in total. The van der Waals surface area contributed by atoms with E-state index in [9.17, 15) is 9.59 Å². The average molecular weight is 431 g/mol. The molecule has 0 aliphatic carbocycles. The first kappa shape index (κ1) is 21.4. The molecule has 0 aromatic carbocycles. The lowest BCUT2D eigenvalue weighted by Gasteiger charge is -2.15. The summed E-state index contributed by atoms with van der Waals surface area (Å²) in [6.07, 6.45) is 9.16. The monoisotopic (exact) mass is 430 g/mol. The van der Waals surface area contributed by atoms with Gasteiger partial charge in [0.15, 0.2) is 0 Å². The molecule has 0 aliphatic rings. The standard InChI is InChI=1S/C24H26N6O2/c1-2-3-4-6-11-27-23(31)18-15-19-22(28-20-8-5-7-14-29(20)24(19)32)30(21(18)25)16-17-9-12-26-13-10-17/h5,7-10,12-15,25H,2-4,6,11,16H2,1H3,(H,27,31). The minimum Gasteiger partial charge on any atom is -0.352 e. The van der Waals surface area contributed by atoms with Crippen molar-refractivity contribution in [1.29, 1.82) is 5.41 Å². The van der Waals surface area contributed by atoms with Gasteiger partial charge in [-0.05, 0) is 42.3 Å². The molecule has 0 atom stereocenters. The highest BCUT2D eigenvalue weighted by atomic mass is 16.1. The molecule has 4 rings (SSSR count). The molecule has 32 heavy (non-hydrogen) atoms. The maximum absolute atomic E-state index is 13.2. The van der Waals surface area contributed by atoms with Crippen molar-refractivity contribution in [3.05, 3.63) is 82.0 Å². The Morgan fingerprint density at radius 3 is 2.72 bits per heavy atom. The summed E-state index contributed by atoms with van der Waals surface area (Å²) in [6.45, 7) is 2.97. The highest BCUT2D eigenvalue weighted by Crippen LogP contribution is 2.12. The van der Waals surface area contributed by atoms with Crippen LogP contribution in [0.4, 0.5) is 0 Å². The average Bonchev–Trinajstić information content (AvgIpc) is 2.81. The zero-order valence-electron chi connectivity index (χ0n) is 18.0. The van der Waals surface area contributed by atoms with Gasteiger partial charge >= 0.3 is 0 Å². The lowest BCUT2D eigenvalue weighted by Crippen LogP contribution is -2.35. The Kier molecular flexibility index (Phi) is 6.39. The Bertz CT molecular complexity index is 1370. The molecule has 8 heteroatoms. The highest BCUT2D eigenvalue weighted by Gasteiger charge is 2.17. The van der Waals surface area contributed by atoms with Gasteiger partial charge in [-0.15, -0.1) is 0 Å². The first-order chi connectivity index (χ1) is 15.6. The van der Waals surface area contributed by atoms with Crippen LogP contribution in [0.1, 0.15) is 48.5 Å². The smallest absolute Gasteiger partial charge is 0.267 e. The fraction of sp³-hybridized carbons (Fsp3) is 0.292. The van der Waals surface area contributed by atoms with Crippen LogP contribution in [0.3, 0.4) is 0 Å². The van der Waals surface area contributed by atoms with Gasteiger partial charge in [-0.2, -0.15) is 0 Å². The lowest BCUT2D eigenvalue weighted by atomic mass is 10.1. The fourth-order valence-electron chi connectivity index (χ4n) is 3.73. The molecule has 8 nitrogen and oxygen atoms in total. The Morgan fingerprint density at radius 2 is 1.94 bits per heavy atom. The summed E-state index contributed by atoms with van der Waals surface area (Å²) in [7, 11) is 0. The van der Waals surface area contributed by atoms with E-state index in [2.05, 4.69) is 22.2 Å². The number of pyridine rings is 3. The van der Waals surface area contributed by atoms with Crippen molar-refractivity contribution in [2.75, 3.05) is 6.54 Å². The number of unbranched alkanes of at least 4 members (excludes halogenated alkanes) is 3. The Labute approximate surface area is 185 Å². The molecule has 0 spiro atoms. The van der Waals surface area contributed by atoms with Gasteiger partial charge in [-0.3, -0.25) is 24.4 Å². The van der Waals surface area contributed by atoms with E-state index in [0.29, 0.717) is 29.8 Å². The molecule has 4 aromatic rings. The zero-order valence-corrected chi connectivity index (χ0v) is 18.0. The molecule has 0 bridgehead atoms. The second-order valence-corrected chi connectivity index (χ2v) is 7.75. The second-order valence-electron chi connectivity index (χ2n) is 7.75. The number of rotatable bonds is 8. The van der Waals surface area contributed by atoms with E-state index in [1.807, 2.05) is 18.2 Å². The molecule has 1 amide bonds. The van der Waals surface area contributed by atoms with Crippen LogP contribution in [0.25, 0.3) is 16.7 Å². The Morgan fingerprint density at radius 1 is 1.12 bits per heavy atom. The molecular formula is C24H26N6O2. The van der Waals surface area contributed by atoms with Gasteiger partial charge in [-0.1, -0.05) is 32.3 Å². The summed E-state index contributed by atoms with van der Waals surface area (Å²) in [5, 5.41) is 12.0. The summed E-state index contributed by atoms with van der Waals surface area (Å²) in [5.41, 5.74) is 1.67. The first-order valence-electron chi connectivity index (χ1n) is 10.9. The summed E-state index contributed by atoms with van der Waals surface area (Å²) in [6, 6.07) is 10.5. The quantitative estimate of drug-likeness (QED) is 0.331.